The number of aryl methyl sites for hydroxylation is 1. The summed E-state index contributed by atoms with van der Waals surface area (Å²) in [7, 11) is 1.51. The van der Waals surface area contributed by atoms with Crippen LogP contribution in [0.25, 0.3) is 0 Å². The van der Waals surface area contributed by atoms with Gasteiger partial charge in [0.05, 0.1) is 0 Å². The summed E-state index contributed by atoms with van der Waals surface area (Å²) < 4.78 is 20.0. The predicted molar refractivity (Wildman–Crippen MR) is 263 cm³/mol. The molecule has 72 heavy (non-hydrogen) atoms. The summed E-state index contributed by atoms with van der Waals surface area (Å²) in [6.45, 7) is 1.97. The van der Waals surface area contributed by atoms with Crippen LogP contribution in [0.15, 0.2) is 182 Å². The van der Waals surface area contributed by atoms with Crippen molar-refractivity contribution in [3.63, 3.8) is 0 Å². The van der Waals surface area contributed by atoms with E-state index in [0.717, 1.165) is 16.0 Å². The van der Waals surface area contributed by atoms with Crippen molar-refractivity contribution in [3.8, 4) is 34.8 Å². The third-order valence-electron chi connectivity index (χ3n) is 12.2. The van der Waals surface area contributed by atoms with E-state index in [1.807, 2.05) is 67.6 Å². The van der Waals surface area contributed by atoms with Crippen molar-refractivity contribution in [3.05, 3.63) is 247 Å². The van der Waals surface area contributed by atoms with Crippen molar-refractivity contribution >= 4 is 46.7 Å². The predicted octanol–water partition coefficient (Wildman–Crippen LogP) is 7.79. The van der Waals surface area contributed by atoms with Crippen LogP contribution >= 0.6 is 0 Å². The van der Waals surface area contributed by atoms with Gasteiger partial charge in [0.2, 0.25) is 0 Å². The van der Waals surface area contributed by atoms with Gasteiger partial charge in [0.1, 0.15) is 11.5 Å². The molecule has 0 aliphatic carbocycles. The molecule has 1 atom stereocenters. The number of imide groups is 2. The van der Waals surface area contributed by atoms with Crippen LogP contribution in [-0.2, 0) is 4.74 Å². The number of ether oxygens (including phenoxy) is 3. The van der Waals surface area contributed by atoms with Crippen LogP contribution < -0.4 is 40.8 Å². The zero-order valence-electron chi connectivity index (χ0n) is 38.3. The van der Waals surface area contributed by atoms with Crippen molar-refractivity contribution in [1.29, 1.82) is 0 Å². The number of carbonyl (C=O) groups is 6. The fourth-order valence-corrected chi connectivity index (χ4v) is 11.1. The molecule has 3 aliphatic heterocycles. The minimum absolute atomic E-state index is 0.115. The molecule has 8 aromatic carbocycles. The summed E-state index contributed by atoms with van der Waals surface area (Å²) in [5.74, 6) is 5.56. The zero-order valence-corrected chi connectivity index (χ0v) is 40.4. The third kappa shape index (κ3) is 8.48. The molecule has 11 rings (SSSR count). The number of hydrogen-bond donors (Lipinski definition) is 0. The van der Waals surface area contributed by atoms with Crippen LogP contribution in [0.3, 0.4) is 0 Å². The monoisotopic (exact) mass is 1060 g/mol. The molecule has 0 N–H and O–H groups in total. The summed E-state index contributed by atoms with van der Waals surface area (Å²) in [4.78, 5) is 85.2. The molecule has 13 heteroatoms. The summed E-state index contributed by atoms with van der Waals surface area (Å²) in [5.41, 5.74) is 5.59. The molecule has 0 bridgehead atoms. The molecule has 350 valence electrons. The fourth-order valence-electron chi connectivity index (χ4n) is 8.77. The summed E-state index contributed by atoms with van der Waals surface area (Å²) in [6.07, 6.45) is -0.759. The van der Waals surface area contributed by atoms with Gasteiger partial charge in [-0.1, -0.05) is 48.2 Å². The van der Waals surface area contributed by atoms with Crippen molar-refractivity contribution in [1.82, 2.24) is 3.11 Å². The molecule has 0 aromatic heterocycles. The van der Waals surface area contributed by atoms with E-state index >= 15 is 0 Å². The maximum atomic E-state index is 14.1. The van der Waals surface area contributed by atoms with Gasteiger partial charge >= 0.3 is 282 Å². The molecule has 3 aliphatic rings. The van der Waals surface area contributed by atoms with Crippen molar-refractivity contribution in [2.75, 3.05) is 16.9 Å². The molecule has 1 unspecified atom stereocenters. The van der Waals surface area contributed by atoms with Gasteiger partial charge in [-0.05, 0) is 55.0 Å². The Morgan fingerprint density at radius 3 is 1.86 bits per heavy atom. The molecular weight excluding hydrogens is 1020 g/mol. The van der Waals surface area contributed by atoms with Gasteiger partial charge in [0, 0.05) is 24.3 Å². The minimum atomic E-state index is -1.37. The van der Waals surface area contributed by atoms with Gasteiger partial charge in [-0.15, -0.1) is 0 Å². The Hall–Kier alpha value is -8.97. The molecule has 3 heterocycles. The number of halogens is 1. The molecule has 0 fully saturated rings. The third-order valence-corrected chi connectivity index (χ3v) is 14.8. The van der Waals surface area contributed by atoms with E-state index in [4.69, 9.17) is 14.2 Å². The number of rotatable bonds is 11. The Morgan fingerprint density at radius 2 is 1.10 bits per heavy atom. The van der Waals surface area contributed by atoms with E-state index in [2.05, 4.69) is 11.8 Å². The maximum absolute atomic E-state index is 14.1. The first kappa shape index (κ1) is 45.5. The Labute approximate surface area is 423 Å². The topological polar surface area (TPSA) is 140 Å². The molecule has 0 saturated heterocycles. The first-order chi connectivity index (χ1) is 35.0. The first-order valence-electron chi connectivity index (χ1n) is 22.6. The number of methoxy groups -OCH3 is 1. The molecule has 8 aromatic rings. The number of carbonyl (C=O) groups excluding carboxylic acids is 6. The Balaban J connectivity index is 0.749. The number of amides is 5. The van der Waals surface area contributed by atoms with Gasteiger partial charge in [-0.2, -0.15) is 0 Å². The smallest absolute Gasteiger partial charge is 0.457 e. The fraction of sp³-hybridized carbons (Fsp3) is 0.0508. The van der Waals surface area contributed by atoms with Gasteiger partial charge in [0.15, 0.2) is 0 Å². The van der Waals surface area contributed by atoms with Crippen LogP contribution in [0.1, 0.15) is 96.2 Å². The normalized spacial score (nSPS) is 14.6. The molecule has 0 saturated carbocycles. The summed E-state index contributed by atoms with van der Waals surface area (Å²) in [5, 5.41) is 0. The van der Waals surface area contributed by atoms with E-state index < -0.39 is 57.1 Å². The minimum Gasteiger partial charge on any atom is -0.457 e. The number of nitrogens with zero attached hydrogens (tertiary/aromatic N) is 3. The van der Waals surface area contributed by atoms with Crippen molar-refractivity contribution < 1.29 is 64.5 Å². The van der Waals surface area contributed by atoms with Crippen LogP contribution in [0.2, 0.25) is 0 Å². The van der Waals surface area contributed by atoms with Gasteiger partial charge in [-0.3, -0.25) is 0 Å². The number of benzene rings is 8. The average molecular weight is 1060 g/mol. The molecule has 5 amide bonds. The van der Waals surface area contributed by atoms with Crippen LogP contribution in [-0.4, -0.2) is 45.5 Å². The van der Waals surface area contributed by atoms with Crippen LogP contribution in [0.4, 0.5) is 11.4 Å². The summed E-state index contributed by atoms with van der Waals surface area (Å²) in [6, 6.07) is 52.1. The second kappa shape index (κ2) is 18.7. The van der Waals surface area contributed by atoms with Gasteiger partial charge in [0.25, 0.3) is 0 Å². The van der Waals surface area contributed by atoms with E-state index in [-0.39, 0.29) is 33.7 Å². The molecule has 0 radical (unpaired) electrons. The SMILES string of the molecule is COC1c2ccc(C(=O)c3ccc4c(c3)C(=O)N([I-]c3cccc(Oc5ccc(N6C(=O)c7ccc(C#Cc8ccccc8)cc7C6=O)cc5)c3)C4=O)cc2C(=O)N1c1cccc(Oc2cccc(C)c2)c1. The zero-order chi connectivity index (χ0) is 49.6. The second-order valence-corrected chi connectivity index (χ2v) is 19.6. The summed E-state index contributed by atoms with van der Waals surface area (Å²) >= 11 is -1.37. The van der Waals surface area contributed by atoms with E-state index in [9.17, 15) is 28.8 Å². The Bertz CT molecular complexity index is 3680. The van der Waals surface area contributed by atoms with E-state index in [0.29, 0.717) is 60.2 Å². The average Bonchev–Trinajstić information content (AvgIpc) is 3.93. The number of hydrogen-bond acceptors (Lipinski definition) is 9. The number of ketones is 1. The second-order valence-electron chi connectivity index (χ2n) is 16.9. The van der Waals surface area contributed by atoms with Crippen LogP contribution in [0, 0.1) is 22.3 Å². The van der Waals surface area contributed by atoms with Crippen molar-refractivity contribution in [2.45, 2.75) is 13.2 Å². The van der Waals surface area contributed by atoms with E-state index in [1.165, 1.54) is 39.4 Å². The van der Waals surface area contributed by atoms with E-state index in [1.54, 1.807) is 97.1 Å². The van der Waals surface area contributed by atoms with Crippen LogP contribution in [0.5, 0.6) is 23.0 Å². The molecule has 12 nitrogen and oxygen atoms in total. The Kier molecular flexibility index (Phi) is 11.8. The number of anilines is 2. The van der Waals surface area contributed by atoms with Gasteiger partial charge < -0.3 is 4.74 Å². The molecular formula is C59H37IN3O9-. The molecule has 0 spiro atoms. The standard InChI is InChI=1S/C59H37IN3O9/c1-35-9-6-14-44(29-35)72-46-16-8-13-42(34-46)62-56(67)52-32-39(21-28-49(52)59(62)70-2)53(64)38-20-27-48-51(31-38)58(69)63(57(48)68)60-40-12-7-15-45(33-40)71-43-24-22-41(23-25-43)61-54(65)47-26-19-37(30-50(47)55(61)66)18-17-36-10-4-3-5-11-36/h3-16,19-34,59H,1-2H3/q-1. The van der Waals surface area contributed by atoms with Crippen molar-refractivity contribution in [2.24, 2.45) is 0 Å². The first-order valence-corrected chi connectivity index (χ1v) is 24.6. The van der Waals surface area contributed by atoms with Gasteiger partial charge in [-0.25, -0.2) is 0 Å². The number of fused-ring (bicyclic) bond motifs is 3. The Morgan fingerprint density at radius 1 is 0.486 bits per heavy atom. The quantitative estimate of drug-likeness (QED) is 0.0418.